The van der Waals surface area contributed by atoms with Gasteiger partial charge in [-0.1, -0.05) is 15.9 Å². The molecular weight excluding hydrogens is 356 g/mol. The van der Waals surface area contributed by atoms with E-state index >= 15 is 0 Å². The summed E-state index contributed by atoms with van der Waals surface area (Å²) in [5.74, 6) is 0.585. The molecule has 1 aliphatic heterocycles. The second-order valence-electron chi connectivity index (χ2n) is 4.81. The standard InChI is InChI=1S/C14H17BrN2O3S/c1-8(18)17-12(7-21)14(19)16-6-10-5-11(15)4-9-2-3-20-13(9)10/h4-5,12,21H,2-3,6-7H2,1H3,(H,16,19)(H,17,18). The van der Waals surface area contributed by atoms with Crippen LogP contribution < -0.4 is 15.4 Å². The molecule has 1 heterocycles. The van der Waals surface area contributed by atoms with Crippen LogP contribution in [0.5, 0.6) is 5.75 Å². The molecule has 0 aliphatic carbocycles. The number of thiol groups is 1. The Morgan fingerprint density at radius 3 is 2.90 bits per heavy atom. The van der Waals surface area contributed by atoms with Gasteiger partial charge in [-0.3, -0.25) is 9.59 Å². The van der Waals surface area contributed by atoms with Crippen molar-refractivity contribution in [2.75, 3.05) is 12.4 Å². The highest BCUT2D eigenvalue weighted by Crippen LogP contribution is 2.32. The molecule has 2 rings (SSSR count). The van der Waals surface area contributed by atoms with Crippen molar-refractivity contribution >= 4 is 40.4 Å². The largest absolute Gasteiger partial charge is 0.493 e. The van der Waals surface area contributed by atoms with Crippen molar-refractivity contribution in [2.24, 2.45) is 0 Å². The Balaban J connectivity index is 2.03. The number of benzene rings is 1. The predicted molar refractivity (Wildman–Crippen MR) is 86.6 cm³/mol. The van der Waals surface area contributed by atoms with Gasteiger partial charge in [0.15, 0.2) is 0 Å². The molecule has 1 aromatic carbocycles. The van der Waals surface area contributed by atoms with Crippen molar-refractivity contribution in [1.29, 1.82) is 0 Å². The summed E-state index contributed by atoms with van der Waals surface area (Å²) in [6, 6.07) is 3.33. The molecule has 0 spiro atoms. The summed E-state index contributed by atoms with van der Waals surface area (Å²) in [5.41, 5.74) is 2.06. The summed E-state index contributed by atoms with van der Waals surface area (Å²) in [6.45, 7) is 2.39. The molecule has 0 radical (unpaired) electrons. The third-order valence-electron chi connectivity index (χ3n) is 3.15. The molecule has 5 nitrogen and oxygen atoms in total. The molecule has 7 heteroatoms. The van der Waals surface area contributed by atoms with Crippen molar-refractivity contribution in [3.8, 4) is 5.75 Å². The number of nitrogens with one attached hydrogen (secondary N) is 2. The average molecular weight is 373 g/mol. The van der Waals surface area contributed by atoms with Crippen molar-refractivity contribution in [1.82, 2.24) is 10.6 Å². The van der Waals surface area contributed by atoms with Crippen molar-refractivity contribution in [2.45, 2.75) is 25.9 Å². The summed E-state index contributed by atoms with van der Waals surface area (Å²) >= 11 is 7.54. The maximum Gasteiger partial charge on any atom is 0.243 e. The van der Waals surface area contributed by atoms with E-state index in [9.17, 15) is 9.59 Å². The Labute approximate surface area is 137 Å². The number of hydrogen-bond acceptors (Lipinski definition) is 4. The fourth-order valence-corrected chi connectivity index (χ4v) is 3.03. The van der Waals surface area contributed by atoms with Gasteiger partial charge in [-0.2, -0.15) is 12.6 Å². The number of amides is 2. The maximum absolute atomic E-state index is 12.0. The molecule has 0 saturated heterocycles. The van der Waals surface area contributed by atoms with Crippen LogP contribution in [0.25, 0.3) is 0 Å². The fourth-order valence-electron chi connectivity index (χ4n) is 2.22. The Morgan fingerprint density at radius 2 is 2.24 bits per heavy atom. The third kappa shape index (κ3) is 4.14. The number of hydrogen-bond donors (Lipinski definition) is 3. The zero-order valence-electron chi connectivity index (χ0n) is 11.6. The molecule has 0 saturated carbocycles. The van der Waals surface area contributed by atoms with Crippen LogP contribution >= 0.6 is 28.6 Å². The third-order valence-corrected chi connectivity index (χ3v) is 3.98. The van der Waals surface area contributed by atoms with E-state index in [0.717, 1.165) is 27.8 Å². The first-order chi connectivity index (χ1) is 10.0. The lowest BCUT2D eigenvalue weighted by atomic mass is 10.1. The van der Waals surface area contributed by atoms with Gasteiger partial charge in [0.25, 0.3) is 0 Å². The number of rotatable bonds is 5. The molecule has 1 aromatic rings. The summed E-state index contributed by atoms with van der Waals surface area (Å²) in [5, 5.41) is 5.37. The van der Waals surface area contributed by atoms with E-state index in [1.165, 1.54) is 6.92 Å². The lowest BCUT2D eigenvalue weighted by Gasteiger charge is -2.16. The van der Waals surface area contributed by atoms with E-state index in [1.54, 1.807) is 0 Å². The Hall–Kier alpha value is -1.21. The van der Waals surface area contributed by atoms with Gasteiger partial charge in [0.05, 0.1) is 6.61 Å². The topological polar surface area (TPSA) is 67.4 Å². The van der Waals surface area contributed by atoms with E-state index in [2.05, 4.69) is 39.2 Å². The summed E-state index contributed by atoms with van der Waals surface area (Å²) < 4.78 is 6.57. The van der Waals surface area contributed by atoms with Gasteiger partial charge in [-0.05, 0) is 17.7 Å². The second-order valence-corrected chi connectivity index (χ2v) is 6.09. The molecule has 1 atom stereocenters. The first-order valence-corrected chi connectivity index (χ1v) is 8.03. The molecule has 0 aromatic heterocycles. The smallest absolute Gasteiger partial charge is 0.243 e. The van der Waals surface area contributed by atoms with E-state index < -0.39 is 6.04 Å². The van der Waals surface area contributed by atoms with Crippen molar-refractivity contribution in [3.63, 3.8) is 0 Å². The van der Waals surface area contributed by atoms with Gasteiger partial charge in [0.1, 0.15) is 11.8 Å². The molecule has 0 bridgehead atoms. The average Bonchev–Trinajstić information content (AvgIpc) is 2.89. The zero-order valence-corrected chi connectivity index (χ0v) is 14.1. The highest BCUT2D eigenvalue weighted by molar-refractivity contribution is 9.10. The van der Waals surface area contributed by atoms with Crippen LogP contribution in [0.15, 0.2) is 16.6 Å². The molecule has 2 N–H and O–H groups in total. The fraction of sp³-hybridized carbons (Fsp3) is 0.429. The van der Waals surface area contributed by atoms with Crippen LogP contribution in [0.4, 0.5) is 0 Å². The Morgan fingerprint density at radius 1 is 1.48 bits per heavy atom. The summed E-state index contributed by atoms with van der Waals surface area (Å²) in [4.78, 5) is 23.1. The number of carbonyl (C=O) groups is 2. The van der Waals surface area contributed by atoms with Crippen LogP contribution in [-0.2, 0) is 22.6 Å². The summed E-state index contributed by atoms with van der Waals surface area (Å²) in [7, 11) is 0. The van der Waals surface area contributed by atoms with Crippen molar-refractivity contribution < 1.29 is 14.3 Å². The van der Waals surface area contributed by atoms with E-state index in [-0.39, 0.29) is 17.6 Å². The van der Waals surface area contributed by atoms with Gasteiger partial charge >= 0.3 is 0 Å². The van der Waals surface area contributed by atoms with E-state index in [4.69, 9.17) is 4.74 Å². The Kier molecular flexibility index (Phi) is 5.52. The SMILES string of the molecule is CC(=O)NC(CS)C(=O)NCc1cc(Br)cc2c1OCC2. The normalized spacial score (nSPS) is 14.0. The molecule has 2 amide bonds. The monoisotopic (exact) mass is 372 g/mol. The highest BCUT2D eigenvalue weighted by Gasteiger charge is 2.20. The van der Waals surface area contributed by atoms with Crippen LogP contribution in [-0.4, -0.2) is 30.2 Å². The van der Waals surface area contributed by atoms with Gasteiger partial charge in [-0.25, -0.2) is 0 Å². The first-order valence-electron chi connectivity index (χ1n) is 6.61. The van der Waals surface area contributed by atoms with Crippen LogP contribution in [0.1, 0.15) is 18.1 Å². The van der Waals surface area contributed by atoms with Gasteiger partial charge in [0.2, 0.25) is 11.8 Å². The molecular formula is C14H17BrN2O3S. The van der Waals surface area contributed by atoms with Gasteiger partial charge in [0, 0.05) is 35.7 Å². The lowest BCUT2D eigenvalue weighted by Crippen LogP contribution is -2.47. The minimum atomic E-state index is -0.632. The lowest BCUT2D eigenvalue weighted by molar-refractivity contribution is -0.127. The minimum Gasteiger partial charge on any atom is -0.493 e. The van der Waals surface area contributed by atoms with E-state index in [1.807, 2.05) is 12.1 Å². The number of carbonyl (C=O) groups excluding carboxylic acids is 2. The number of fused-ring (bicyclic) bond motifs is 1. The predicted octanol–water partition coefficient (Wildman–Crippen LogP) is 1.43. The summed E-state index contributed by atoms with van der Waals surface area (Å²) in [6.07, 6.45) is 0.876. The van der Waals surface area contributed by atoms with Gasteiger partial charge in [-0.15, -0.1) is 0 Å². The van der Waals surface area contributed by atoms with Crippen LogP contribution in [0.2, 0.25) is 0 Å². The van der Waals surface area contributed by atoms with Crippen molar-refractivity contribution in [3.05, 3.63) is 27.7 Å². The molecule has 1 unspecified atom stereocenters. The molecule has 114 valence electrons. The Bertz CT molecular complexity index is 565. The van der Waals surface area contributed by atoms with Gasteiger partial charge < -0.3 is 15.4 Å². The quantitative estimate of drug-likeness (QED) is 0.685. The number of ether oxygens (including phenoxy) is 1. The van der Waals surface area contributed by atoms with E-state index in [0.29, 0.717) is 13.2 Å². The maximum atomic E-state index is 12.0. The molecule has 1 aliphatic rings. The highest BCUT2D eigenvalue weighted by atomic mass is 79.9. The van der Waals surface area contributed by atoms with Crippen LogP contribution in [0.3, 0.4) is 0 Å². The van der Waals surface area contributed by atoms with Crippen LogP contribution in [0, 0.1) is 0 Å². The minimum absolute atomic E-state index is 0.249. The second kappa shape index (κ2) is 7.17. The first kappa shape index (κ1) is 16.2. The number of halogens is 1. The zero-order chi connectivity index (χ0) is 15.4. The molecule has 0 fully saturated rings. The molecule has 21 heavy (non-hydrogen) atoms.